The highest BCUT2D eigenvalue weighted by Gasteiger charge is 2.12. The van der Waals surface area contributed by atoms with Crippen LogP contribution in [0.4, 0.5) is 4.39 Å². The highest BCUT2D eigenvalue weighted by molar-refractivity contribution is 14.0. The van der Waals surface area contributed by atoms with Crippen molar-refractivity contribution in [3.8, 4) is 11.5 Å². The SMILES string of the molecule is CCNC(=NCC(O)c1ccc(OC)c(OC)c1)NCCc1c[nH]c2cc(F)ccc12.I. The summed E-state index contributed by atoms with van der Waals surface area (Å²) in [7, 11) is 3.13. The van der Waals surface area contributed by atoms with Crippen molar-refractivity contribution in [2.45, 2.75) is 19.4 Å². The molecule has 1 heterocycles. The van der Waals surface area contributed by atoms with Crippen LogP contribution in [-0.4, -0.2) is 49.9 Å². The van der Waals surface area contributed by atoms with E-state index in [1.165, 1.54) is 12.1 Å². The van der Waals surface area contributed by atoms with Gasteiger partial charge in [0.05, 0.1) is 26.9 Å². The largest absolute Gasteiger partial charge is 0.493 e. The first-order valence-electron chi connectivity index (χ1n) is 10.2. The molecule has 0 spiro atoms. The fourth-order valence-electron chi connectivity index (χ4n) is 3.37. The number of fused-ring (bicyclic) bond motifs is 1. The Kier molecular flexibility index (Phi) is 10.0. The number of hydrogen-bond donors (Lipinski definition) is 4. The van der Waals surface area contributed by atoms with Gasteiger partial charge in [-0.3, -0.25) is 4.99 Å². The summed E-state index contributed by atoms with van der Waals surface area (Å²) in [6.45, 7) is 3.51. The van der Waals surface area contributed by atoms with Crippen LogP contribution in [0, 0.1) is 5.82 Å². The smallest absolute Gasteiger partial charge is 0.191 e. The topological polar surface area (TPSA) is 90.9 Å². The Bertz CT molecular complexity index is 1040. The first-order valence-corrected chi connectivity index (χ1v) is 10.2. The maximum absolute atomic E-state index is 13.4. The van der Waals surface area contributed by atoms with Crippen molar-refractivity contribution in [2.75, 3.05) is 33.9 Å². The Morgan fingerprint density at radius 2 is 1.91 bits per heavy atom. The first-order chi connectivity index (χ1) is 15.0. The van der Waals surface area contributed by atoms with Gasteiger partial charge >= 0.3 is 0 Å². The molecule has 1 aromatic heterocycles. The third kappa shape index (κ3) is 6.49. The molecule has 174 valence electrons. The zero-order valence-corrected chi connectivity index (χ0v) is 20.8. The molecule has 0 amide bonds. The van der Waals surface area contributed by atoms with Crippen molar-refractivity contribution in [1.82, 2.24) is 15.6 Å². The van der Waals surface area contributed by atoms with Gasteiger partial charge in [0.1, 0.15) is 5.82 Å². The van der Waals surface area contributed by atoms with Crippen LogP contribution in [0.5, 0.6) is 11.5 Å². The second-order valence-electron chi connectivity index (χ2n) is 7.03. The molecule has 0 radical (unpaired) electrons. The van der Waals surface area contributed by atoms with Gasteiger partial charge in [-0.1, -0.05) is 6.07 Å². The van der Waals surface area contributed by atoms with E-state index in [-0.39, 0.29) is 36.3 Å². The Balaban J connectivity index is 0.00000363. The molecular weight excluding hydrogens is 526 g/mol. The zero-order chi connectivity index (χ0) is 22.2. The lowest BCUT2D eigenvalue weighted by molar-refractivity contribution is 0.186. The number of aliphatic hydroxyl groups is 1. The van der Waals surface area contributed by atoms with E-state index in [4.69, 9.17) is 9.47 Å². The number of aromatic nitrogens is 1. The summed E-state index contributed by atoms with van der Waals surface area (Å²) in [6.07, 6.45) is 1.86. The quantitative estimate of drug-likeness (QED) is 0.183. The minimum absolute atomic E-state index is 0. The molecule has 1 atom stereocenters. The van der Waals surface area contributed by atoms with E-state index in [1.54, 1.807) is 38.5 Å². The molecule has 0 saturated carbocycles. The minimum atomic E-state index is -0.779. The average Bonchev–Trinajstić information content (AvgIpc) is 3.18. The number of guanidine groups is 1. The standard InChI is InChI=1S/C23H29FN4O3.HI/c1-4-25-23(26-10-9-16-13-27-19-12-17(24)6-7-18(16)19)28-14-20(29)15-5-8-21(30-2)22(11-15)31-3;/h5-8,11-13,20,27,29H,4,9-10,14H2,1-3H3,(H2,25,26,28);1H. The summed E-state index contributed by atoms with van der Waals surface area (Å²) in [4.78, 5) is 7.60. The molecule has 0 aliphatic rings. The molecule has 7 nitrogen and oxygen atoms in total. The molecule has 3 aromatic rings. The van der Waals surface area contributed by atoms with E-state index < -0.39 is 6.10 Å². The molecule has 0 saturated heterocycles. The number of hydrogen-bond acceptors (Lipinski definition) is 4. The van der Waals surface area contributed by atoms with Crippen molar-refractivity contribution in [3.63, 3.8) is 0 Å². The second kappa shape index (κ2) is 12.5. The molecule has 32 heavy (non-hydrogen) atoms. The second-order valence-corrected chi connectivity index (χ2v) is 7.03. The van der Waals surface area contributed by atoms with Crippen LogP contribution in [-0.2, 0) is 6.42 Å². The zero-order valence-electron chi connectivity index (χ0n) is 18.4. The third-order valence-corrected chi connectivity index (χ3v) is 4.98. The summed E-state index contributed by atoms with van der Waals surface area (Å²) in [5.74, 6) is 1.53. The number of ether oxygens (including phenoxy) is 2. The number of rotatable bonds is 9. The molecule has 2 aromatic carbocycles. The van der Waals surface area contributed by atoms with Crippen LogP contribution in [0.2, 0.25) is 0 Å². The highest BCUT2D eigenvalue weighted by Crippen LogP contribution is 2.30. The molecule has 4 N–H and O–H groups in total. The Labute approximate surface area is 204 Å². The summed E-state index contributed by atoms with van der Waals surface area (Å²) < 4.78 is 23.9. The predicted molar refractivity (Wildman–Crippen MR) is 136 cm³/mol. The van der Waals surface area contributed by atoms with Gasteiger partial charge in [0.15, 0.2) is 17.5 Å². The first kappa shape index (κ1) is 25.7. The van der Waals surface area contributed by atoms with Gasteiger partial charge in [-0.05, 0) is 54.8 Å². The lowest BCUT2D eigenvalue weighted by Crippen LogP contribution is -2.38. The lowest BCUT2D eigenvalue weighted by Gasteiger charge is -2.15. The van der Waals surface area contributed by atoms with Crippen molar-refractivity contribution < 1.29 is 19.0 Å². The Morgan fingerprint density at radius 3 is 2.62 bits per heavy atom. The maximum Gasteiger partial charge on any atom is 0.191 e. The van der Waals surface area contributed by atoms with Gasteiger partial charge in [0.25, 0.3) is 0 Å². The van der Waals surface area contributed by atoms with Crippen molar-refractivity contribution >= 4 is 40.8 Å². The number of aliphatic hydroxyl groups excluding tert-OH is 1. The number of methoxy groups -OCH3 is 2. The summed E-state index contributed by atoms with van der Waals surface area (Å²) in [5.41, 5.74) is 2.58. The van der Waals surface area contributed by atoms with Gasteiger partial charge < -0.3 is 30.2 Å². The summed E-state index contributed by atoms with van der Waals surface area (Å²) in [6, 6.07) is 10.1. The number of aliphatic imine (C=N–C) groups is 1. The van der Waals surface area contributed by atoms with Gasteiger partial charge in [0.2, 0.25) is 0 Å². The molecular formula is C23H30FIN4O3. The van der Waals surface area contributed by atoms with Crippen LogP contribution in [0.15, 0.2) is 47.6 Å². The van der Waals surface area contributed by atoms with Crippen molar-refractivity contribution in [1.29, 1.82) is 0 Å². The van der Waals surface area contributed by atoms with Crippen LogP contribution < -0.4 is 20.1 Å². The molecule has 1 unspecified atom stereocenters. The van der Waals surface area contributed by atoms with E-state index in [9.17, 15) is 9.50 Å². The van der Waals surface area contributed by atoms with Crippen LogP contribution in [0.1, 0.15) is 24.2 Å². The predicted octanol–water partition coefficient (Wildman–Crippen LogP) is 3.77. The van der Waals surface area contributed by atoms with Crippen molar-refractivity contribution in [2.24, 2.45) is 4.99 Å². The molecule has 0 fully saturated rings. The van der Waals surface area contributed by atoms with E-state index in [0.717, 1.165) is 22.9 Å². The summed E-state index contributed by atoms with van der Waals surface area (Å²) in [5, 5.41) is 18.0. The maximum atomic E-state index is 13.4. The van der Waals surface area contributed by atoms with Gasteiger partial charge in [-0.25, -0.2) is 4.39 Å². The lowest BCUT2D eigenvalue weighted by atomic mass is 10.1. The third-order valence-electron chi connectivity index (χ3n) is 4.98. The molecule has 0 aliphatic carbocycles. The highest BCUT2D eigenvalue weighted by atomic mass is 127. The molecule has 9 heteroatoms. The van der Waals surface area contributed by atoms with Gasteiger partial charge in [-0.2, -0.15) is 0 Å². The number of aromatic amines is 1. The van der Waals surface area contributed by atoms with E-state index in [0.29, 0.717) is 36.1 Å². The van der Waals surface area contributed by atoms with Gasteiger partial charge in [0, 0.05) is 30.2 Å². The summed E-state index contributed by atoms with van der Waals surface area (Å²) >= 11 is 0. The number of benzene rings is 2. The van der Waals surface area contributed by atoms with E-state index in [2.05, 4.69) is 20.6 Å². The molecule has 0 aliphatic heterocycles. The van der Waals surface area contributed by atoms with Crippen LogP contribution in [0.3, 0.4) is 0 Å². The van der Waals surface area contributed by atoms with E-state index in [1.807, 2.05) is 13.1 Å². The molecule has 0 bridgehead atoms. The number of nitrogens with one attached hydrogen (secondary N) is 3. The van der Waals surface area contributed by atoms with Crippen LogP contribution >= 0.6 is 24.0 Å². The number of halogens is 2. The van der Waals surface area contributed by atoms with E-state index >= 15 is 0 Å². The fraction of sp³-hybridized carbons (Fsp3) is 0.348. The monoisotopic (exact) mass is 556 g/mol. The number of nitrogens with zero attached hydrogens (tertiary/aromatic N) is 1. The normalized spacial score (nSPS) is 12.2. The average molecular weight is 556 g/mol. The molecule has 3 rings (SSSR count). The van der Waals surface area contributed by atoms with Crippen molar-refractivity contribution in [3.05, 3.63) is 59.5 Å². The van der Waals surface area contributed by atoms with Gasteiger partial charge in [-0.15, -0.1) is 24.0 Å². The Morgan fingerprint density at radius 1 is 1.12 bits per heavy atom. The minimum Gasteiger partial charge on any atom is -0.493 e. The fourth-order valence-corrected chi connectivity index (χ4v) is 3.37. The Hall–Kier alpha value is -2.53. The number of H-pyrrole nitrogens is 1. The van der Waals surface area contributed by atoms with Crippen LogP contribution in [0.25, 0.3) is 10.9 Å².